The zero-order chi connectivity index (χ0) is 6.57. The number of aliphatic hydroxyl groups excluding tert-OH is 1. The zero-order valence-corrected chi connectivity index (χ0v) is 5.81. The lowest BCUT2D eigenvalue weighted by Gasteiger charge is -2.12. The Hall–Kier alpha value is -0.0800. The summed E-state index contributed by atoms with van der Waals surface area (Å²) in [6.45, 7) is 5.86. The summed E-state index contributed by atoms with van der Waals surface area (Å²) in [6.07, 6.45) is 0.690. The van der Waals surface area contributed by atoms with Crippen LogP contribution in [0.5, 0.6) is 0 Å². The fraction of sp³-hybridized carbons (Fsp3) is 1.00. The molecule has 0 aromatic rings. The molecule has 0 aromatic heterocycles. The summed E-state index contributed by atoms with van der Waals surface area (Å²) in [7, 11) is 0. The summed E-state index contributed by atoms with van der Waals surface area (Å²) in [6, 6.07) is 0.426. The van der Waals surface area contributed by atoms with Gasteiger partial charge in [0, 0.05) is 6.04 Å². The van der Waals surface area contributed by atoms with Crippen LogP contribution in [0.3, 0.4) is 0 Å². The molecule has 2 heteroatoms. The molecule has 0 saturated carbocycles. The molecule has 0 amide bonds. The molecule has 0 radical (unpaired) electrons. The van der Waals surface area contributed by atoms with Crippen LogP contribution in [0, 0.1) is 0 Å². The molecule has 50 valence electrons. The van der Waals surface area contributed by atoms with Crippen LogP contribution in [-0.4, -0.2) is 17.4 Å². The van der Waals surface area contributed by atoms with Crippen LogP contribution in [0.2, 0.25) is 0 Å². The van der Waals surface area contributed by atoms with Crippen molar-refractivity contribution < 1.29 is 5.11 Å². The minimum atomic E-state index is -0.370. The lowest BCUT2D eigenvalue weighted by Crippen LogP contribution is -2.33. The molecule has 2 nitrogen and oxygen atoms in total. The highest BCUT2D eigenvalue weighted by atomic mass is 16.3. The van der Waals surface area contributed by atoms with Crippen molar-refractivity contribution in [3.05, 3.63) is 0 Å². The van der Waals surface area contributed by atoms with Gasteiger partial charge < -0.3 is 5.11 Å². The minimum absolute atomic E-state index is 0.370. The maximum Gasteiger partial charge on any atom is 0.102 e. The van der Waals surface area contributed by atoms with Gasteiger partial charge in [-0.05, 0) is 20.3 Å². The third-order valence-electron chi connectivity index (χ3n) is 1.14. The van der Waals surface area contributed by atoms with Gasteiger partial charge >= 0.3 is 0 Å². The van der Waals surface area contributed by atoms with Crippen molar-refractivity contribution in [2.75, 3.05) is 0 Å². The molecular formula is C6H15NO. The van der Waals surface area contributed by atoms with Crippen molar-refractivity contribution in [3.8, 4) is 0 Å². The van der Waals surface area contributed by atoms with Crippen LogP contribution >= 0.6 is 0 Å². The van der Waals surface area contributed by atoms with Crippen molar-refractivity contribution in [2.24, 2.45) is 0 Å². The van der Waals surface area contributed by atoms with Crippen molar-refractivity contribution >= 4 is 0 Å². The standard InChI is InChI=1S/C6H15NO/c1-4-5(2)7-6(3)8/h5-8H,4H2,1-3H3. The molecule has 0 aliphatic carbocycles. The van der Waals surface area contributed by atoms with Gasteiger partial charge in [-0.15, -0.1) is 0 Å². The molecule has 2 unspecified atom stereocenters. The number of hydrogen-bond donors (Lipinski definition) is 2. The first-order valence-electron chi connectivity index (χ1n) is 3.11. The highest BCUT2D eigenvalue weighted by Crippen LogP contribution is 1.87. The van der Waals surface area contributed by atoms with Crippen molar-refractivity contribution in [2.45, 2.75) is 39.5 Å². The van der Waals surface area contributed by atoms with Gasteiger partial charge in [-0.1, -0.05) is 6.92 Å². The van der Waals surface area contributed by atoms with Gasteiger partial charge in [0.15, 0.2) is 0 Å². The Balaban J connectivity index is 3.10. The lowest BCUT2D eigenvalue weighted by molar-refractivity contribution is 0.142. The van der Waals surface area contributed by atoms with E-state index in [0.717, 1.165) is 6.42 Å². The SMILES string of the molecule is CCC(C)NC(C)O. The average Bonchev–Trinajstić information content (AvgIpc) is 1.65. The third-order valence-corrected chi connectivity index (χ3v) is 1.14. The van der Waals surface area contributed by atoms with Gasteiger partial charge in [0.1, 0.15) is 6.23 Å². The average molecular weight is 117 g/mol. The second-order valence-corrected chi connectivity index (χ2v) is 2.15. The summed E-state index contributed by atoms with van der Waals surface area (Å²) in [4.78, 5) is 0. The minimum Gasteiger partial charge on any atom is -0.379 e. The number of aliphatic hydroxyl groups is 1. The first kappa shape index (κ1) is 7.92. The van der Waals surface area contributed by atoms with E-state index < -0.39 is 0 Å². The second-order valence-electron chi connectivity index (χ2n) is 2.15. The Kier molecular flexibility index (Phi) is 3.83. The summed E-state index contributed by atoms with van der Waals surface area (Å²) in [5, 5.41) is 11.7. The Morgan fingerprint density at radius 3 is 2.12 bits per heavy atom. The first-order chi connectivity index (χ1) is 3.66. The monoisotopic (exact) mass is 117 g/mol. The predicted octanol–water partition coefficient (Wildman–Crippen LogP) is 0.713. The molecular weight excluding hydrogens is 102 g/mol. The second kappa shape index (κ2) is 3.87. The van der Waals surface area contributed by atoms with Crippen LogP contribution in [0.15, 0.2) is 0 Å². The van der Waals surface area contributed by atoms with Crippen molar-refractivity contribution in [1.29, 1.82) is 0 Å². The largest absolute Gasteiger partial charge is 0.379 e. The fourth-order valence-electron chi connectivity index (χ4n) is 0.530. The molecule has 0 aromatic carbocycles. The van der Waals surface area contributed by atoms with E-state index in [4.69, 9.17) is 5.11 Å². The number of rotatable bonds is 3. The summed E-state index contributed by atoms with van der Waals surface area (Å²) >= 11 is 0. The van der Waals surface area contributed by atoms with E-state index >= 15 is 0 Å². The highest BCUT2D eigenvalue weighted by molar-refractivity contribution is 4.56. The maximum atomic E-state index is 8.74. The van der Waals surface area contributed by atoms with E-state index in [1.165, 1.54) is 0 Å². The molecule has 2 N–H and O–H groups in total. The Morgan fingerprint density at radius 1 is 1.50 bits per heavy atom. The van der Waals surface area contributed by atoms with Crippen molar-refractivity contribution in [1.82, 2.24) is 5.32 Å². The van der Waals surface area contributed by atoms with Crippen LogP contribution in [-0.2, 0) is 0 Å². The van der Waals surface area contributed by atoms with Crippen molar-refractivity contribution in [3.63, 3.8) is 0 Å². The summed E-state index contributed by atoms with van der Waals surface area (Å²) in [5.74, 6) is 0. The quantitative estimate of drug-likeness (QED) is 0.534. The third kappa shape index (κ3) is 4.09. The van der Waals surface area contributed by atoms with E-state index in [1.54, 1.807) is 6.92 Å². The van der Waals surface area contributed by atoms with E-state index in [9.17, 15) is 0 Å². The van der Waals surface area contributed by atoms with E-state index in [0.29, 0.717) is 6.04 Å². The molecule has 0 fully saturated rings. The molecule has 0 aliphatic heterocycles. The Bertz CT molecular complexity index is 54.5. The molecule has 8 heavy (non-hydrogen) atoms. The number of nitrogens with one attached hydrogen (secondary N) is 1. The molecule has 2 atom stereocenters. The van der Waals surface area contributed by atoms with Gasteiger partial charge in [-0.3, -0.25) is 5.32 Å². The summed E-state index contributed by atoms with van der Waals surface area (Å²) in [5.41, 5.74) is 0. The molecule has 0 rings (SSSR count). The van der Waals surface area contributed by atoms with Crippen LogP contribution in [0.1, 0.15) is 27.2 Å². The molecule has 0 heterocycles. The van der Waals surface area contributed by atoms with Gasteiger partial charge in [0.2, 0.25) is 0 Å². The number of hydrogen-bond acceptors (Lipinski definition) is 2. The molecule has 0 saturated heterocycles. The Morgan fingerprint density at radius 2 is 2.00 bits per heavy atom. The van der Waals surface area contributed by atoms with Crippen LogP contribution in [0.25, 0.3) is 0 Å². The summed E-state index contributed by atoms with van der Waals surface area (Å²) < 4.78 is 0. The fourth-order valence-corrected chi connectivity index (χ4v) is 0.530. The van der Waals surface area contributed by atoms with E-state index in [2.05, 4.69) is 12.2 Å². The van der Waals surface area contributed by atoms with Crippen LogP contribution < -0.4 is 5.32 Å². The van der Waals surface area contributed by atoms with Gasteiger partial charge in [-0.2, -0.15) is 0 Å². The lowest BCUT2D eigenvalue weighted by atomic mass is 10.2. The van der Waals surface area contributed by atoms with Gasteiger partial charge in [-0.25, -0.2) is 0 Å². The highest BCUT2D eigenvalue weighted by Gasteiger charge is 1.98. The molecule has 0 spiro atoms. The molecule has 0 aliphatic rings. The van der Waals surface area contributed by atoms with E-state index in [-0.39, 0.29) is 6.23 Å². The zero-order valence-electron chi connectivity index (χ0n) is 5.81. The van der Waals surface area contributed by atoms with E-state index in [1.807, 2.05) is 6.92 Å². The Labute approximate surface area is 50.9 Å². The first-order valence-corrected chi connectivity index (χ1v) is 3.11. The van der Waals surface area contributed by atoms with Gasteiger partial charge in [0.25, 0.3) is 0 Å². The van der Waals surface area contributed by atoms with Crippen LogP contribution in [0.4, 0.5) is 0 Å². The molecule has 0 bridgehead atoms. The normalized spacial score (nSPS) is 18.0. The maximum absolute atomic E-state index is 8.74. The predicted molar refractivity (Wildman–Crippen MR) is 34.6 cm³/mol. The topological polar surface area (TPSA) is 32.3 Å². The smallest absolute Gasteiger partial charge is 0.102 e. The van der Waals surface area contributed by atoms with Gasteiger partial charge in [0.05, 0.1) is 0 Å².